The third-order valence-electron chi connectivity index (χ3n) is 4.40. The smallest absolute Gasteiger partial charge is 0.123 e. The Kier molecular flexibility index (Phi) is 3.04. The number of likely N-dealkylation sites (tertiary alicyclic amines) is 1. The zero-order valence-electron chi connectivity index (χ0n) is 10.9. The molecule has 0 atom stereocenters. The molecule has 2 aliphatic rings. The fraction of sp³-hybridized carbons (Fsp3) is 0.600. The first-order valence-corrected chi connectivity index (χ1v) is 6.83. The summed E-state index contributed by atoms with van der Waals surface area (Å²) in [4.78, 5) is 2.54. The Morgan fingerprint density at radius 2 is 1.89 bits per heavy atom. The molecule has 1 N–H and O–H groups in total. The summed E-state index contributed by atoms with van der Waals surface area (Å²) < 4.78 is 5.51. The average molecular weight is 247 g/mol. The van der Waals surface area contributed by atoms with Gasteiger partial charge in [0.25, 0.3) is 0 Å². The second-order valence-corrected chi connectivity index (χ2v) is 5.45. The standard InChI is InChI=1S/C15H21NO2/c1-18-14-5-3-2-4-13(14)15(8-9-15)16-10-6-12(17)7-11-16/h2-5,12,17H,6-11H2,1H3. The van der Waals surface area contributed by atoms with E-state index in [-0.39, 0.29) is 11.6 Å². The first kappa shape index (κ1) is 12.0. The lowest BCUT2D eigenvalue weighted by atomic mass is 9.97. The highest BCUT2D eigenvalue weighted by molar-refractivity contribution is 5.42. The maximum Gasteiger partial charge on any atom is 0.123 e. The Morgan fingerprint density at radius 3 is 2.50 bits per heavy atom. The molecule has 2 fully saturated rings. The zero-order chi connectivity index (χ0) is 12.6. The Labute approximate surface area is 108 Å². The van der Waals surface area contributed by atoms with Crippen LogP contribution in [0.3, 0.4) is 0 Å². The van der Waals surface area contributed by atoms with Crippen molar-refractivity contribution in [3.8, 4) is 5.75 Å². The molecular weight excluding hydrogens is 226 g/mol. The Hall–Kier alpha value is -1.06. The number of nitrogens with zero attached hydrogens (tertiary/aromatic N) is 1. The van der Waals surface area contributed by atoms with Gasteiger partial charge in [0.2, 0.25) is 0 Å². The quantitative estimate of drug-likeness (QED) is 0.888. The zero-order valence-corrected chi connectivity index (χ0v) is 10.9. The maximum absolute atomic E-state index is 9.63. The predicted molar refractivity (Wildman–Crippen MR) is 70.7 cm³/mol. The molecule has 0 spiro atoms. The Morgan fingerprint density at radius 1 is 1.22 bits per heavy atom. The highest BCUT2D eigenvalue weighted by Crippen LogP contribution is 2.54. The molecule has 1 aliphatic carbocycles. The molecule has 0 amide bonds. The van der Waals surface area contributed by atoms with Crippen molar-refractivity contribution >= 4 is 0 Å². The van der Waals surface area contributed by atoms with Gasteiger partial charge in [-0.2, -0.15) is 0 Å². The van der Waals surface area contributed by atoms with Crippen molar-refractivity contribution in [3.63, 3.8) is 0 Å². The first-order chi connectivity index (χ1) is 8.76. The molecule has 1 saturated heterocycles. The molecule has 1 saturated carbocycles. The number of aliphatic hydroxyl groups is 1. The van der Waals surface area contributed by atoms with Crippen molar-refractivity contribution in [1.82, 2.24) is 4.90 Å². The van der Waals surface area contributed by atoms with Gasteiger partial charge in [0.05, 0.1) is 13.2 Å². The number of para-hydroxylation sites is 1. The van der Waals surface area contributed by atoms with Gasteiger partial charge in [-0.1, -0.05) is 18.2 Å². The van der Waals surface area contributed by atoms with Gasteiger partial charge in [-0.3, -0.25) is 4.90 Å². The molecule has 1 aromatic rings. The van der Waals surface area contributed by atoms with Crippen LogP contribution in [0.5, 0.6) is 5.75 Å². The Bertz CT molecular complexity index is 420. The molecule has 18 heavy (non-hydrogen) atoms. The molecule has 0 bridgehead atoms. The largest absolute Gasteiger partial charge is 0.496 e. The summed E-state index contributed by atoms with van der Waals surface area (Å²) in [6, 6.07) is 8.36. The van der Waals surface area contributed by atoms with Gasteiger partial charge in [-0.25, -0.2) is 0 Å². The highest BCUT2D eigenvalue weighted by atomic mass is 16.5. The summed E-state index contributed by atoms with van der Waals surface area (Å²) >= 11 is 0. The number of benzene rings is 1. The average Bonchev–Trinajstić information content (AvgIpc) is 3.21. The normalized spacial score (nSPS) is 23.9. The van der Waals surface area contributed by atoms with E-state index in [0.29, 0.717) is 0 Å². The second-order valence-electron chi connectivity index (χ2n) is 5.45. The summed E-state index contributed by atoms with van der Waals surface area (Å²) in [6.07, 6.45) is 4.12. The maximum atomic E-state index is 9.63. The predicted octanol–water partition coefficient (Wildman–Crippen LogP) is 2.14. The van der Waals surface area contributed by atoms with Gasteiger partial charge in [-0.15, -0.1) is 0 Å². The SMILES string of the molecule is COc1ccccc1C1(N2CCC(O)CC2)CC1. The molecule has 98 valence electrons. The molecule has 1 aliphatic heterocycles. The van der Waals surface area contributed by atoms with Crippen LogP contribution >= 0.6 is 0 Å². The number of hydrogen-bond donors (Lipinski definition) is 1. The van der Waals surface area contributed by atoms with Crippen LogP contribution in [0.4, 0.5) is 0 Å². The van der Waals surface area contributed by atoms with Gasteiger partial charge < -0.3 is 9.84 Å². The molecule has 0 aromatic heterocycles. The van der Waals surface area contributed by atoms with Crippen LogP contribution in [0, 0.1) is 0 Å². The molecule has 3 heteroatoms. The monoisotopic (exact) mass is 247 g/mol. The van der Waals surface area contributed by atoms with E-state index >= 15 is 0 Å². The number of hydrogen-bond acceptors (Lipinski definition) is 3. The fourth-order valence-electron chi connectivity index (χ4n) is 3.20. The van der Waals surface area contributed by atoms with Crippen molar-refractivity contribution in [2.45, 2.75) is 37.3 Å². The van der Waals surface area contributed by atoms with E-state index in [1.54, 1.807) is 7.11 Å². The van der Waals surface area contributed by atoms with E-state index in [1.165, 1.54) is 18.4 Å². The van der Waals surface area contributed by atoms with Crippen LogP contribution < -0.4 is 4.74 Å². The van der Waals surface area contributed by atoms with E-state index in [1.807, 2.05) is 12.1 Å². The summed E-state index contributed by atoms with van der Waals surface area (Å²) in [5, 5.41) is 9.63. The van der Waals surface area contributed by atoms with Crippen LogP contribution in [-0.2, 0) is 5.54 Å². The van der Waals surface area contributed by atoms with Crippen molar-refractivity contribution in [2.24, 2.45) is 0 Å². The highest BCUT2D eigenvalue weighted by Gasteiger charge is 2.51. The van der Waals surface area contributed by atoms with Crippen LogP contribution in [0.15, 0.2) is 24.3 Å². The summed E-state index contributed by atoms with van der Waals surface area (Å²) in [5.41, 5.74) is 1.51. The third-order valence-corrected chi connectivity index (χ3v) is 4.40. The number of aliphatic hydroxyl groups excluding tert-OH is 1. The van der Waals surface area contributed by atoms with E-state index in [0.717, 1.165) is 31.7 Å². The summed E-state index contributed by atoms with van der Waals surface area (Å²) in [6.45, 7) is 2.00. The number of piperidine rings is 1. The van der Waals surface area contributed by atoms with E-state index in [2.05, 4.69) is 17.0 Å². The van der Waals surface area contributed by atoms with Crippen LogP contribution in [0.1, 0.15) is 31.2 Å². The first-order valence-electron chi connectivity index (χ1n) is 6.83. The lowest BCUT2D eigenvalue weighted by Crippen LogP contribution is -2.43. The molecule has 1 heterocycles. The van der Waals surface area contributed by atoms with Crippen molar-refractivity contribution in [1.29, 1.82) is 0 Å². The minimum absolute atomic E-state index is 0.102. The molecule has 0 unspecified atom stereocenters. The van der Waals surface area contributed by atoms with Gasteiger partial charge in [0.15, 0.2) is 0 Å². The summed E-state index contributed by atoms with van der Waals surface area (Å²) in [5.74, 6) is 1.00. The molecule has 0 radical (unpaired) electrons. The third kappa shape index (κ3) is 1.91. The minimum atomic E-state index is -0.102. The molecule has 3 nitrogen and oxygen atoms in total. The van der Waals surface area contributed by atoms with Gasteiger partial charge in [0, 0.05) is 24.2 Å². The van der Waals surface area contributed by atoms with E-state index in [4.69, 9.17) is 4.74 Å². The number of rotatable bonds is 3. The minimum Gasteiger partial charge on any atom is -0.496 e. The lowest BCUT2D eigenvalue weighted by molar-refractivity contribution is 0.0515. The molecule has 3 rings (SSSR count). The van der Waals surface area contributed by atoms with E-state index in [9.17, 15) is 5.11 Å². The number of methoxy groups -OCH3 is 1. The van der Waals surface area contributed by atoms with E-state index < -0.39 is 0 Å². The Balaban J connectivity index is 1.86. The van der Waals surface area contributed by atoms with Crippen LogP contribution in [0.25, 0.3) is 0 Å². The van der Waals surface area contributed by atoms with Crippen molar-refractivity contribution in [3.05, 3.63) is 29.8 Å². The van der Waals surface area contributed by atoms with Gasteiger partial charge >= 0.3 is 0 Å². The van der Waals surface area contributed by atoms with Crippen LogP contribution in [-0.4, -0.2) is 36.3 Å². The topological polar surface area (TPSA) is 32.7 Å². The van der Waals surface area contributed by atoms with Gasteiger partial charge in [-0.05, 0) is 31.7 Å². The van der Waals surface area contributed by atoms with Crippen molar-refractivity contribution in [2.75, 3.05) is 20.2 Å². The second kappa shape index (κ2) is 4.56. The molecule has 1 aromatic carbocycles. The molecular formula is C15H21NO2. The number of ether oxygens (including phenoxy) is 1. The lowest BCUT2D eigenvalue weighted by Gasteiger charge is -2.37. The summed E-state index contributed by atoms with van der Waals surface area (Å²) in [7, 11) is 1.74. The van der Waals surface area contributed by atoms with Crippen molar-refractivity contribution < 1.29 is 9.84 Å². The fourth-order valence-corrected chi connectivity index (χ4v) is 3.20. The van der Waals surface area contributed by atoms with Gasteiger partial charge in [0.1, 0.15) is 5.75 Å². The van der Waals surface area contributed by atoms with Crippen LogP contribution in [0.2, 0.25) is 0 Å².